The minimum absolute atomic E-state index is 0.164. The number of anilines is 1. The normalized spacial score (nSPS) is 11.0. The van der Waals surface area contributed by atoms with Crippen LogP contribution in [0.15, 0.2) is 60.8 Å². The molecule has 4 rings (SSSR count). The van der Waals surface area contributed by atoms with Gasteiger partial charge in [0.1, 0.15) is 22.8 Å². The lowest BCUT2D eigenvalue weighted by molar-refractivity contribution is 0.102. The molecule has 0 atom stereocenters. The third kappa shape index (κ3) is 4.07. The first-order chi connectivity index (χ1) is 15.0. The Hall–Kier alpha value is -3.87. The fraction of sp³-hybridized carbons (Fsp3) is 0.208. The highest BCUT2D eigenvalue weighted by Crippen LogP contribution is 2.29. The van der Waals surface area contributed by atoms with E-state index in [4.69, 9.17) is 14.5 Å². The van der Waals surface area contributed by atoms with E-state index in [2.05, 4.69) is 28.7 Å². The van der Waals surface area contributed by atoms with Crippen LogP contribution in [0.25, 0.3) is 22.6 Å². The molecule has 1 N–H and O–H groups in total. The molecular formula is C24H24N4O3. The second-order valence-corrected chi connectivity index (χ2v) is 7.38. The SMILES string of the molecule is COc1cc(NC(=O)c2cccc(-c3nc4cccnc4n3C(C)C)c2)cc(OC)c1. The van der Waals surface area contributed by atoms with E-state index >= 15 is 0 Å². The van der Waals surface area contributed by atoms with Crippen LogP contribution in [-0.4, -0.2) is 34.7 Å². The van der Waals surface area contributed by atoms with Crippen LogP contribution in [0.1, 0.15) is 30.2 Å². The molecule has 0 spiro atoms. The summed E-state index contributed by atoms with van der Waals surface area (Å²) in [6.07, 6.45) is 1.76. The number of benzene rings is 2. The summed E-state index contributed by atoms with van der Waals surface area (Å²) in [7, 11) is 3.14. The van der Waals surface area contributed by atoms with Crippen molar-refractivity contribution in [1.29, 1.82) is 0 Å². The van der Waals surface area contributed by atoms with Crippen LogP contribution in [-0.2, 0) is 0 Å². The number of aromatic nitrogens is 3. The van der Waals surface area contributed by atoms with Gasteiger partial charge in [-0.2, -0.15) is 0 Å². The number of imidazole rings is 1. The summed E-state index contributed by atoms with van der Waals surface area (Å²) in [5, 5.41) is 2.91. The first-order valence-electron chi connectivity index (χ1n) is 9.98. The number of carbonyl (C=O) groups is 1. The lowest BCUT2D eigenvalue weighted by Gasteiger charge is -2.13. The van der Waals surface area contributed by atoms with Gasteiger partial charge in [-0.05, 0) is 38.1 Å². The third-order valence-electron chi connectivity index (χ3n) is 4.96. The molecule has 4 aromatic rings. The summed E-state index contributed by atoms with van der Waals surface area (Å²) in [5.41, 5.74) is 3.61. The minimum Gasteiger partial charge on any atom is -0.497 e. The van der Waals surface area contributed by atoms with Crippen LogP contribution in [0.5, 0.6) is 11.5 Å². The van der Waals surface area contributed by atoms with Gasteiger partial charge in [0.25, 0.3) is 5.91 Å². The van der Waals surface area contributed by atoms with E-state index < -0.39 is 0 Å². The van der Waals surface area contributed by atoms with Crippen LogP contribution in [0.3, 0.4) is 0 Å². The maximum Gasteiger partial charge on any atom is 0.255 e. The Morgan fingerprint density at radius 1 is 1.00 bits per heavy atom. The molecule has 158 valence electrons. The zero-order valence-corrected chi connectivity index (χ0v) is 17.9. The summed E-state index contributed by atoms with van der Waals surface area (Å²) >= 11 is 0. The number of hydrogen-bond acceptors (Lipinski definition) is 5. The molecule has 31 heavy (non-hydrogen) atoms. The summed E-state index contributed by atoms with van der Waals surface area (Å²) in [6.45, 7) is 4.18. The number of methoxy groups -OCH3 is 2. The van der Waals surface area contributed by atoms with Gasteiger partial charge < -0.3 is 19.4 Å². The molecule has 0 saturated carbocycles. The lowest BCUT2D eigenvalue weighted by atomic mass is 10.1. The third-order valence-corrected chi connectivity index (χ3v) is 4.96. The predicted molar refractivity (Wildman–Crippen MR) is 121 cm³/mol. The number of hydrogen-bond donors (Lipinski definition) is 1. The van der Waals surface area contributed by atoms with E-state index in [1.54, 1.807) is 44.7 Å². The smallest absolute Gasteiger partial charge is 0.255 e. The van der Waals surface area contributed by atoms with Gasteiger partial charge in [-0.15, -0.1) is 0 Å². The summed E-state index contributed by atoms with van der Waals surface area (Å²) in [5.74, 6) is 1.74. The van der Waals surface area contributed by atoms with E-state index in [-0.39, 0.29) is 11.9 Å². The van der Waals surface area contributed by atoms with Crippen molar-refractivity contribution >= 4 is 22.8 Å². The highest BCUT2D eigenvalue weighted by atomic mass is 16.5. The fourth-order valence-electron chi connectivity index (χ4n) is 3.50. The van der Waals surface area contributed by atoms with Crippen LogP contribution < -0.4 is 14.8 Å². The maximum atomic E-state index is 13.0. The second kappa shape index (κ2) is 8.47. The summed E-state index contributed by atoms with van der Waals surface area (Å²) in [6, 6.07) is 16.6. The Bertz CT molecular complexity index is 1220. The Balaban J connectivity index is 1.69. The second-order valence-electron chi connectivity index (χ2n) is 7.38. The van der Waals surface area contributed by atoms with Gasteiger partial charge in [0.15, 0.2) is 5.65 Å². The molecule has 0 saturated heterocycles. The highest BCUT2D eigenvalue weighted by molar-refractivity contribution is 6.05. The van der Waals surface area contributed by atoms with Crippen LogP contribution in [0.4, 0.5) is 5.69 Å². The molecule has 0 unspecified atom stereocenters. The van der Waals surface area contributed by atoms with E-state index in [1.807, 2.05) is 30.3 Å². The molecule has 0 radical (unpaired) electrons. The Labute approximate surface area is 180 Å². The summed E-state index contributed by atoms with van der Waals surface area (Å²) < 4.78 is 12.6. The molecule has 0 fully saturated rings. The number of nitrogens with zero attached hydrogens (tertiary/aromatic N) is 3. The van der Waals surface area contributed by atoms with E-state index in [0.29, 0.717) is 22.7 Å². The quantitative estimate of drug-likeness (QED) is 0.481. The average Bonchev–Trinajstić information content (AvgIpc) is 3.19. The molecular weight excluding hydrogens is 392 g/mol. The number of rotatable bonds is 6. The Morgan fingerprint density at radius 2 is 1.74 bits per heavy atom. The van der Waals surface area contributed by atoms with Crippen molar-refractivity contribution in [2.75, 3.05) is 19.5 Å². The first kappa shape index (κ1) is 20.4. The number of pyridine rings is 1. The maximum absolute atomic E-state index is 13.0. The largest absolute Gasteiger partial charge is 0.497 e. The van der Waals surface area contributed by atoms with Gasteiger partial charge in [-0.1, -0.05) is 12.1 Å². The Morgan fingerprint density at radius 3 is 2.42 bits per heavy atom. The monoisotopic (exact) mass is 416 g/mol. The molecule has 2 aromatic heterocycles. The fourth-order valence-corrected chi connectivity index (χ4v) is 3.50. The molecule has 2 heterocycles. The number of nitrogens with one attached hydrogen (secondary N) is 1. The van der Waals surface area contributed by atoms with Gasteiger partial charge >= 0.3 is 0 Å². The molecule has 7 nitrogen and oxygen atoms in total. The number of ether oxygens (including phenoxy) is 2. The standard InChI is InChI=1S/C24H24N4O3/c1-15(2)28-22(27-21-9-6-10-25-23(21)28)16-7-5-8-17(11-16)24(29)26-18-12-19(30-3)14-20(13-18)31-4/h5-15H,1-4H3,(H,26,29). The molecule has 2 aromatic carbocycles. The number of fused-ring (bicyclic) bond motifs is 1. The van der Waals surface area contributed by atoms with Gasteiger partial charge in [0.2, 0.25) is 0 Å². The Kier molecular flexibility index (Phi) is 5.58. The van der Waals surface area contributed by atoms with Crippen LogP contribution in [0.2, 0.25) is 0 Å². The van der Waals surface area contributed by atoms with Gasteiger partial charge in [-0.3, -0.25) is 4.79 Å². The van der Waals surface area contributed by atoms with E-state index in [1.165, 1.54) is 0 Å². The molecule has 0 aliphatic carbocycles. The van der Waals surface area contributed by atoms with Crippen molar-refractivity contribution in [2.24, 2.45) is 0 Å². The van der Waals surface area contributed by atoms with E-state index in [0.717, 1.165) is 22.6 Å². The summed E-state index contributed by atoms with van der Waals surface area (Å²) in [4.78, 5) is 22.2. The van der Waals surface area contributed by atoms with Crippen molar-refractivity contribution in [3.63, 3.8) is 0 Å². The minimum atomic E-state index is -0.234. The number of amides is 1. The highest BCUT2D eigenvalue weighted by Gasteiger charge is 2.17. The van der Waals surface area contributed by atoms with Crippen molar-refractivity contribution < 1.29 is 14.3 Å². The van der Waals surface area contributed by atoms with Crippen molar-refractivity contribution in [2.45, 2.75) is 19.9 Å². The predicted octanol–water partition coefficient (Wildman–Crippen LogP) is 4.95. The molecule has 7 heteroatoms. The zero-order valence-electron chi connectivity index (χ0n) is 17.9. The average molecular weight is 416 g/mol. The van der Waals surface area contributed by atoms with Crippen molar-refractivity contribution in [3.05, 3.63) is 66.4 Å². The van der Waals surface area contributed by atoms with Gasteiger partial charge in [-0.25, -0.2) is 9.97 Å². The van der Waals surface area contributed by atoms with Gasteiger partial charge in [0, 0.05) is 47.3 Å². The molecule has 0 bridgehead atoms. The lowest BCUT2D eigenvalue weighted by Crippen LogP contribution is -2.12. The molecule has 1 amide bonds. The van der Waals surface area contributed by atoms with Crippen molar-refractivity contribution in [3.8, 4) is 22.9 Å². The molecule has 0 aliphatic heterocycles. The van der Waals surface area contributed by atoms with E-state index in [9.17, 15) is 4.79 Å². The molecule has 0 aliphatic rings. The van der Waals surface area contributed by atoms with Crippen LogP contribution in [0, 0.1) is 0 Å². The van der Waals surface area contributed by atoms with Crippen molar-refractivity contribution in [1.82, 2.24) is 14.5 Å². The van der Waals surface area contributed by atoms with Crippen LogP contribution >= 0.6 is 0 Å². The topological polar surface area (TPSA) is 78.3 Å². The zero-order chi connectivity index (χ0) is 22.0. The number of carbonyl (C=O) groups excluding carboxylic acids is 1. The van der Waals surface area contributed by atoms with Gasteiger partial charge in [0.05, 0.1) is 14.2 Å². The first-order valence-corrected chi connectivity index (χ1v) is 9.98.